The number of aryl methyl sites for hydroxylation is 2. The van der Waals surface area contributed by atoms with Crippen molar-refractivity contribution in [1.29, 1.82) is 0 Å². The molecule has 0 spiro atoms. The number of rotatable bonds is 2. The van der Waals surface area contributed by atoms with Crippen molar-refractivity contribution in [2.75, 3.05) is 12.3 Å². The maximum absolute atomic E-state index is 11.8. The smallest absolute Gasteiger partial charge is 0.188 e. The van der Waals surface area contributed by atoms with Gasteiger partial charge in [-0.25, -0.2) is 4.98 Å². The Morgan fingerprint density at radius 2 is 2.00 bits per heavy atom. The third-order valence-electron chi connectivity index (χ3n) is 3.84. The van der Waals surface area contributed by atoms with E-state index in [1.54, 1.807) is 0 Å². The van der Waals surface area contributed by atoms with Crippen LogP contribution in [0, 0.1) is 6.92 Å². The molecule has 0 unspecified atom stereocenters. The van der Waals surface area contributed by atoms with Crippen molar-refractivity contribution in [2.45, 2.75) is 32.6 Å². The summed E-state index contributed by atoms with van der Waals surface area (Å²) >= 11 is 1.38. The largest absolute Gasteiger partial charge is 0.397 e. The first-order valence-corrected chi connectivity index (χ1v) is 7.38. The van der Waals surface area contributed by atoms with Crippen LogP contribution in [-0.2, 0) is 12.8 Å². The maximum Gasteiger partial charge on any atom is 0.188 e. The average Bonchev–Trinajstić information content (AvgIpc) is 2.75. The summed E-state index contributed by atoms with van der Waals surface area (Å²) in [4.78, 5) is 17.9. The number of nitrogens with zero attached hydrogens (tertiary/aromatic N) is 1. The molecule has 0 saturated carbocycles. The van der Waals surface area contributed by atoms with Gasteiger partial charge in [-0.05, 0) is 43.7 Å². The summed E-state index contributed by atoms with van der Waals surface area (Å²) in [5, 5.41) is 1.00. The van der Waals surface area contributed by atoms with Gasteiger partial charge in [-0.1, -0.05) is 0 Å². The molecule has 2 aromatic rings. The first kappa shape index (κ1) is 12.6. The van der Waals surface area contributed by atoms with Crippen LogP contribution < -0.4 is 11.5 Å². The first-order valence-electron chi connectivity index (χ1n) is 6.57. The van der Waals surface area contributed by atoms with Crippen molar-refractivity contribution in [2.24, 2.45) is 5.73 Å². The molecule has 0 aliphatic heterocycles. The monoisotopic (exact) mass is 275 g/mol. The number of nitrogen functional groups attached to an aromatic ring is 1. The van der Waals surface area contributed by atoms with Crippen LogP contribution in [0.3, 0.4) is 0 Å². The van der Waals surface area contributed by atoms with E-state index in [2.05, 4.69) is 4.98 Å². The average molecular weight is 275 g/mol. The van der Waals surface area contributed by atoms with E-state index >= 15 is 0 Å². The summed E-state index contributed by atoms with van der Waals surface area (Å²) in [7, 11) is 0. The van der Waals surface area contributed by atoms with E-state index in [4.69, 9.17) is 11.5 Å². The Kier molecular flexibility index (Phi) is 3.03. The minimum Gasteiger partial charge on any atom is -0.397 e. The Balaban J connectivity index is 2.33. The fraction of sp³-hybridized carbons (Fsp3) is 0.429. The molecular formula is C14H17N3OS. The Morgan fingerprint density at radius 3 is 2.68 bits per heavy atom. The number of anilines is 1. The summed E-state index contributed by atoms with van der Waals surface area (Å²) in [5.74, 6) is -0.0947. The van der Waals surface area contributed by atoms with Gasteiger partial charge < -0.3 is 11.5 Å². The fourth-order valence-corrected chi connectivity index (χ4v) is 4.02. The number of Topliss-reactive ketones (excluding diaryl/α,β-unsaturated/α-hetero) is 1. The minimum atomic E-state index is -0.0947. The lowest BCUT2D eigenvalue weighted by atomic mass is 9.89. The molecule has 0 aromatic carbocycles. The van der Waals surface area contributed by atoms with Crippen LogP contribution in [0.15, 0.2) is 0 Å². The lowest BCUT2D eigenvalue weighted by molar-refractivity contribution is 0.101. The van der Waals surface area contributed by atoms with E-state index in [-0.39, 0.29) is 12.3 Å². The van der Waals surface area contributed by atoms with E-state index in [1.165, 1.54) is 35.3 Å². The van der Waals surface area contributed by atoms with E-state index in [0.717, 1.165) is 28.8 Å². The molecular weight excluding hydrogens is 258 g/mol. The number of fused-ring (bicyclic) bond motifs is 3. The molecule has 100 valence electrons. The third-order valence-corrected chi connectivity index (χ3v) is 4.98. The molecule has 19 heavy (non-hydrogen) atoms. The summed E-state index contributed by atoms with van der Waals surface area (Å²) in [6.07, 6.45) is 4.49. The second kappa shape index (κ2) is 4.58. The second-order valence-corrected chi connectivity index (χ2v) is 6.01. The Labute approximate surface area is 115 Å². The predicted octanol–water partition coefficient (Wildman–Crippen LogP) is 2.21. The number of carbonyl (C=O) groups excluding carboxylic acids is 1. The third kappa shape index (κ3) is 1.84. The van der Waals surface area contributed by atoms with Gasteiger partial charge in [-0.2, -0.15) is 0 Å². The second-order valence-electron chi connectivity index (χ2n) is 5.01. The molecule has 3 rings (SSSR count). The molecule has 0 fully saturated rings. The van der Waals surface area contributed by atoms with Gasteiger partial charge in [0.1, 0.15) is 4.83 Å². The lowest BCUT2D eigenvalue weighted by Gasteiger charge is -2.18. The first-order chi connectivity index (χ1) is 9.13. The minimum absolute atomic E-state index is 0.00179. The Bertz CT molecular complexity index is 675. The van der Waals surface area contributed by atoms with Gasteiger partial charge in [0.15, 0.2) is 5.78 Å². The Hall–Kier alpha value is -1.46. The van der Waals surface area contributed by atoms with Gasteiger partial charge in [0, 0.05) is 11.1 Å². The molecule has 4 N–H and O–H groups in total. The zero-order chi connectivity index (χ0) is 13.6. The zero-order valence-electron chi connectivity index (χ0n) is 11.0. The van der Waals surface area contributed by atoms with Crippen LogP contribution >= 0.6 is 11.3 Å². The summed E-state index contributed by atoms with van der Waals surface area (Å²) in [5.41, 5.74) is 15.9. The van der Waals surface area contributed by atoms with Crippen LogP contribution in [0.2, 0.25) is 0 Å². The fourth-order valence-electron chi connectivity index (χ4n) is 2.90. The molecule has 5 heteroatoms. The standard InChI is InChI=1S/C14H17N3OS/c1-7-8-4-2-3-5-9(8)11-12(16)13(10(18)6-15)19-14(11)17-7/h2-6,15-16H2,1H3. The number of nitrogens with two attached hydrogens (primary N) is 2. The highest BCUT2D eigenvalue weighted by Crippen LogP contribution is 2.39. The van der Waals surface area contributed by atoms with Crippen LogP contribution in [0.25, 0.3) is 10.2 Å². The summed E-state index contributed by atoms with van der Waals surface area (Å²) in [6.45, 7) is 2.04. The van der Waals surface area contributed by atoms with Gasteiger partial charge in [-0.3, -0.25) is 4.79 Å². The van der Waals surface area contributed by atoms with E-state index in [9.17, 15) is 4.79 Å². The number of thiophene rings is 1. The number of carbonyl (C=O) groups is 1. The van der Waals surface area contributed by atoms with Crippen LogP contribution in [-0.4, -0.2) is 17.3 Å². The van der Waals surface area contributed by atoms with Gasteiger partial charge in [0.05, 0.1) is 17.1 Å². The van der Waals surface area contributed by atoms with Crippen LogP contribution in [0.4, 0.5) is 5.69 Å². The molecule has 0 radical (unpaired) electrons. The van der Waals surface area contributed by atoms with Crippen molar-refractivity contribution >= 4 is 33.0 Å². The van der Waals surface area contributed by atoms with Crippen molar-refractivity contribution in [1.82, 2.24) is 4.98 Å². The number of hydrogen-bond donors (Lipinski definition) is 2. The zero-order valence-corrected chi connectivity index (χ0v) is 11.8. The molecule has 0 bridgehead atoms. The number of hydrogen-bond acceptors (Lipinski definition) is 5. The highest BCUT2D eigenvalue weighted by molar-refractivity contribution is 7.21. The van der Waals surface area contributed by atoms with E-state index in [0.29, 0.717) is 10.6 Å². The van der Waals surface area contributed by atoms with Crippen molar-refractivity contribution in [3.8, 4) is 0 Å². The van der Waals surface area contributed by atoms with Crippen molar-refractivity contribution in [3.05, 3.63) is 21.7 Å². The lowest BCUT2D eigenvalue weighted by Crippen LogP contribution is -2.13. The molecule has 0 saturated heterocycles. The number of ketones is 1. The topological polar surface area (TPSA) is 82.0 Å². The van der Waals surface area contributed by atoms with E-state index < -0.39 is 0 Å². The normalized spacial score (nSPS) is 14.6. The molecule has 2 aromatic heterocycles. The Morgan fingerprint density at radius 1 is 1.32 bits per heavy atom. The summed E-state index contributed by atoms with van der Waals surface area (Å²) in [6, 6.07) is 0. The quantitative estimate of drug-likeness (QED) is 0.823. The molecule has 1 aliphatic carbocycles. The summed E-state index contributed by atoms with van der Waals surface area (Å²) < 4.78 is 0. The van der Waals surface area contributed by atoms with Gasteiger partial charge in [0.25, 0.3) is 0 Å². The molecule has 1 aliphatic rings. The maximum atomic E-state index is 11.8. The van der Waals surface area contributed by atoms with E-state index in [1.807, 2.05) is 6.92 Å². The van der Waals surface area contributed by atoms with Crippen molar-refractivity contribution in [3.63, 3.8) is 0 Å². The van der Waals surface area contributed by atoms with Crippen LogP contribution in [0.1, 0.15) is 39.3 Å². The number of aromatic nitrogens is 1. The SMILES string of the molecule is Cc1nc2sc(C(=O)CN)c(N)c2c2c1CCCC2. The molecule has 2 heterocycles. The molecule has 4 nitrogen and oxygen atoms in total. The predicted molar refractivity (Wildman–Crippen MR) is 78.8 cm³/mol. The van der Waals surface area contributed by atoms with Gasteiger partial charge in [0.2, 0.25) is 0 Å². The highest BCUT2D eigenvalue weighted by Gasteiger charge is 2.23. The highest BCUT2D eigenvalue weighted by atomic mass is 32.1. The number of pyridine rings is 1. The van der Waals surface area contributed by atoms with Gasteiger partial charge in [-0.15, -0.1) is 11.3 Å². The molecule has 0 atom stereocenters. The van der Waals surface area contributed by atoms with Gasteiger partial charge >= 0.3 is 0 Å². The van der Waals surface area contributed by atoms with Crippen LogP contribution in [0.5, 0.6) is 0 Å². The molecule has 0 amide bonds. The van der Waals surface area contributed by atoms with Crippen molar-refractivity contribution < 1.29 is 4.79 Å².